The molecule has 2 atom stereocenters. The molecule has 24 heavy (non-hydrogen) atoms. The van der Waals surface area contributed by atoms with Crippen molar-refractivity contribution in [1.29, 1.82) is 0 Å². The smallest absolute Gasteiger partial charge is 0.275 e. The summed E-state index contributed by atoms with van der Waals surface area (Å²) in [4.78, 5) is 14.1. The summed E-state index contributed by atoms with van der Waals surface area (Å²) in [5.41, 5.74) is 0.595. The van der Waals surface area contributed by atoms with Crippen LogP contribution in [0.4, 0.5) is 8.78 Å². The second-order valence-corrected chi connectivity index (χ2v) is 5.73. The number of nitrogens with zero attached hydrogens (tertiary/aromatic N) is 3. The lowest BCUT2D eigenvalue weighted by molar-refractivity contribution is 0.0709. The summed E-state index contributed by atoms with van der Waals surface area (Å²) in [5, 5.41) is 14.0. The summed E-state index contributed by atoms with van der Waals surface area (Å²) in [6.45, 7) is 0.0986. The van der Waals surface area contributed by atoms with E-state index in [0.29, 0.717) is 11.4 Å². The Hall–Kier alpha value is -2.48. The molecule has 8 heteroatoms. The van der Waals surface area contributed by atoms with E-state index in [0.717, 1.165) is 12.1 Å². The minimum absolute atomic E-state index is 0.0986. The van der Waals surface area contributed by atoms with Gasteiger partial charge in [-0.3, -0.25) is 4.79 Å². The fourth-order valence-electron chi connectivity index (χ4n) is 2.97. The van der Waals surface area contributed by atoms with Gasteiger partial charge in [-0.1, -0.05) is 6.07 Å². The Morgan fingerprint density at radius 3 is 2.71 bits per heavy atom. The summed E-state index contributed by atoms with van der Waals surface area (Å²) >= 11 is 0. The number of β-amino-alcohol motifs (C(OH)–C–C–N with tert-alkyl or cyclic N) is 1. The number of aromatic nitrogens is 2. The van der Waals surface area contributed by atoms with Crippen LogP contribution in [-0.4, -0.2) is 45.5 Å². The third-order valence-corrected chi connectivity index (χ3v) is 4.13. The largest absolute Gasteiger partial charge is 0.481 e. The molecule has 1 saturated heterocycles. The molecule has 1 aliphatic heterocycles. The van der Waals surface area contributed by atoms with Crippen molar-refractivity contribution in [3.63, 3.8) is 0 Å². The minimum Gasteiger partial charge on any atom is -0.481 e. The van der Waals surface area contributed by atoms with Crippen molar-refractivity contribution < 1.29 is 23.4 Å². The van der Waals surface area contributed by atoms with Gasteiger partial charge in [0.1, 0.15) is 0 Å². The Morgan fingerprint density at radius 1 is 1.33 bits per heavy atom. The Bertz CT molecular complexity index is 778. The maximum atomic E-state index is 13.5. The lowest BCUT2D eigenvalue weighted by atomic mass is 10.0. The quantitative estimate of drug-likeness (QED) is 0.925. The van der Waals surface area contributed by atoms with Gasteiger partial charge in [0.15, 0.2) is 17.3 Å². The lowest BCUT2D eigenvalue weighted by Gasteiger charge is -2.24. The topological polar surface area (TPSA) is 67.6 Å². The normalized spacial score (nSPS) is 20.5. The zero-order valence-electron chi connectivity index (χ0n) is 13.2. The van der Waals surface area contributed by atoms with Gasteiger partial charge in [-0.15, -0.1) is 0 Å². The molecule has 0 bridgehead atoms. The van der Waals surface area contributed by atoms with Crippen molar-refractivity contribution in [2.24, 2.45) is 7.05 Å². The number of ether oxygens (including phenoxy) is 1. The van der Waals surface area contributed by atoms with Crippen LogP contribution in [0.5, 0.6) is 5.88 Å². The molecule has 1 aliphatic rings. The first-order chi connectivity index (χ1) is 11.4. The van der Waals surface area contributed by atoms with E-state index in [1.807, 2.05) is 0 Å². The molecule has 0 aliphatic carbocycles. The number of benzene rings is 1. The van der Waals surface area contributed by atoms with Crippen LogP contribution in [-0.2, 0) is 7.05 Å². The van der Waals surface area contributed by atoms with Crippen LogP contribution < -0.4 is 4.74 Å². The first-order valence-electron chi connectivity index (χ1n) is 7.42. The molecule has 1 N–H and O–H groups in total. The number of amides is 1. The van der Waals surface area contributed by atoms with Crippen molar-refractivity contribution in [2.45, 2.75) is 18.6 Å². The molecular weight excluding hydrogens is 320 g/mol. The highest BCUT2D eigenvalue weighted by molar-refractivity contribution is 5.93. The number of halogens is 2. The predicted octanol–water partition coefficient (Wildman–Crippen LogP) is 1.66. The second-order valence-electron chi connectivity index (χ2n) is 5.73. The van der Waals surface area contributed by atoms with Crippen LogP contribution in [0, 0.1) is 11.6 Å². The average molecular weight is 337 g/mol. The van der Waals surface area contributed by atoms with Crippen molar-refractivity contribution >= 4 is 5.91 Å². The standard InChI is InChI=1S/C16H17F2N3O3/c1-20-15(24-2)7-13(19-20)16(23)21-8-10(22)6-14(21)9-3-4-11(17)12(18)5-9/h3-5,7,10,14,22H,6,8H2,1-2H3. The zero-order valence-corrected chi connectivity index (χ0v) is 13.2. The van der Waals surface area contributed by atoms with Crippen molar-refractivity contribution in [2.75, 3.05) is 13.7 Å². The maximum Gasteiger partial charge on any atom is 0.275 e. The van der Waals surface area contributed by atoms with E-state index >= 15 is 0 Å². The van der Waals surface area contributed by atoms with Crippen molar-refractivity contribution in [3.8, 4) is 5.88 Å². The zero-order chi connectivity index (χ0) is 17.4. The first-order valence-corrected chi connectivity index (χ1v) is 7.42. The van der Waals surface area contributed by atoms with Gasteiger partial charge < -0.3 is 14.7 Å². The molecular formula is C16H17F2N3O3. The van der Waals surface area contributed by atoms with Crippen LogP contribution in [0.15, 0.2) is 24.3 Å². The number of aliphatic hydroxyl groups is 1. The molecule has 1 aromatic heterocycles. The van der Waals surface area contributed by atoms with E-state index in [1.54, 1.807) is 7.05 Å². The van der Waals surface area contributed by atoms with E-state index in [1.165, 1.54) is 28.8 Å². The van der Waals surface area contributed by atoms with Gasteiger partial charge >= 0.3 is 0 Å². The third-order valence-electron chi connectivity index (χ3n) is 4.13. The van der Waals surface area contributed by atoms with Crippen LogP contribution in [0.3, 0.4) is 0 Å². The molecule has 2 heterocycles. The molecule has 2 unspecified atom stereocenters. The third kappa shape index (κ3) is 2.84. The summed E-state index contributed by atoms with van der Waals surface area (Å²) in [6.07, 6.45) is -0.487. The fraction of sp³-hybridized carbons (Fsp3) is 0.375. The summed E-state index contributed by atoms with van der Waals surface area (Å²) < 4.78 is 33.2. The molecule has 1 aromatic carbocycles. The summed E-state index contributed by atoms with van der Waals surface area (Å²) in [5.74, 6) is -1.92. The summed E-state index contributed by atoms with van der Waals surface area (Å²) in [7, 11) is 3.11. The van der Waals surface area contributed by atoms with Crippen molar-refractivity contribution in [3.05, 3.63) is 47.2 Å². The molecule has 0 radical (unpaired) electrons. The summed E-state index contributed by atoms with van der Waals surface area (Å²) in [6, 6.07) is 4.44. The lowest BCUT2D eigenvalue weighted by Crippen LogP contribution is -2.32. The number of rotatable bonds is 3. The highest BCUT2D eigenvalue weighted by Crippen LogP contribution is 2.34. The number of aryl methyl sites for hydroxylation is 1. The molecule has 0 spiro atoms. The number of hydrogen-bond donors (Lipinski definition) is 1. The maximum absolute atomic E-state index is 13.5. The van der Waals surface area contributed by atoms with Crippen LogP contribution in [0.1, 0.15) is 28.5 Å². The number of carbonyl (C=O) groups is 1. The average Bonchev–Trinajstić information content (AvgIpc) is 3.12. The molecule has 2 aromatic rings. The Labute approximate surface area is 137 Å². The van der Waals surface area contributed by atoms with E-state index in [9.17, 15) is 18.7 Å². The van der Waals surface area contributed by atoms with Gasteiger partial charge in [-0.25, -0.2) is 13.5 Å². The molecule has 128 valence electrons. The van der Waals surface area contributed by atoms with E-state index < -0.39 is 29.7 Å². The SMILES string of the molecule is COc1cc(C(=O)N2CC(O)CC2c2ccc(F)c(F)c2)nn1C. The van der Waals surface area contributed by atoms with E-state index in [2.05, 4.69) is 5.10 Å². The number of carbonyl (C=O) groups excluding carboxylic acids is 1. The van der Waals surface area contributed by atoms with Gasteiger partial charge in [-0.05, 0) is 24.1 Å². The number of methoxy groups -OCH3 is 1. The Kier molecular flexibility index (Phi) is 4.23. The monoisotopic (exact) mass is 337 g/mol. The van der Waals surface area contributed by atoms with Crippen LogP contribution in [0.25, 0.3) is 0 Å². The van der Waals surface area contributed by atoms with Gasteiger partial charge in [-0.2, -0.15) is 5.10 Å². The first kappa shape index (κ1) is 16.4. The Balaban J connectivity index is 1.92. The molecule has 6 nitrogen and oxygen atoms in total. The van der Waals surface area contributed by atoms with E-state index in [-0.39, 0.29) is 18.7 Å². The van der Waals surface area contributed by atoms with Crippen LogP contribution in [0.2, 0.25) is 0 Å². The van der Waals surface area contributed by atoms with Gasteiger partial charge in [0, 0.05) is 19.7 Å². The molecule has 3 rings (SSSR count). The van der Waals surface area contributed by atoms with Crippen LogP contribution >= 0.6 is 0 Å². The predicted molar refractivity (Wildman–Crippen MR) is 80.5 cm³/mol. The molecule has 0 saturated carbocycles. The van der Waals surface area contributed by atoms with Gasteiger partial charge in [0.2, 0.25) is 5.88 Å². The van der Waals surface area contributed by atoms with Crippen molar-refractivity contribution in [1.82, 2.24) is 14.7 Å². The number of hydrogen-bond acceptors (Lipinski definition) is 4. The van der Waals surface area contributed by atoms with Gasteiger partial charge in [0.05, 0.1) is 19.3 Å². The highest BCUT2D eigenvalue weighted by atomic mass is 19.2. The second kappa shape index (κ2) is 6.20. The molecule has 1 fully saturated rings. The Morgan fingerprint density at radius 2 is 2.08 bits per heavy atom. The minimum atomic E-state index is -0.985. The number of aliphatic hydroxyl groups excluding tert-OH is 1. The molecule has 1 amide bonds. The van der Waals surface area contributed by atoms with Gasteiger partial charge in [0.25, 0.3) is 5.91 Å². The highest BCUT2D eigenvalue weighted by Gasteiger charge is 2.37. The number of likely N-dealkylation sites (tertiary alicyclic amines) is 1. The fourth-order valence-corrected chi connectivity index (χ4v) is 2.97. The van der Waals surface area contributed by atoms with E-state index in [4.69, 9.17) is 4.74 Å².